The van der Waals surface area contributed by atoms with Crippen LogP contribution in [0.2, 0.25) is 0 Å². The Balaban J connectivity index is 0.000000963. The van der Waals surface area contributed by atoms with Crippen LogP contribution in [0.4, 0.5) is 0 Å². The Labute approximate surface area is 106 Å². The molecule has 16 heavy (non-hydrogen) atoms. The van der Waals surface area contributed by atoms with Gasteiger partial charge in [-0.1, -0.05) is 12.2 Å². The smallest absolute Gasteiger partial charge is 0.125 e. The quantitative estimate of drug-likeness (QED) is 0.670. The fourth-order valence-corrected chi connectivity index (χ4v) is 2.62. The van der Waals surface area contributed by atoms with Crippen molar-refractivity contribution >= 4 is 29.6 Å². The predicted molar refractivity (Wildman–Crippen MR) is 69.2 cm³/mol. The SMILES string of the molecule is Cl.S=C1NCCCn2nc3c(c21)CNCC3. The summed E-state index contributed by atoms with van der Waals surface area (Å²) in [6, 6.07) is 0. The predicted octanol–water partition coefficient (Wildman–Crippen LogP) is 0.619. The molecule has 0 spiro atoms. The number of rotatable bonds is 0. The van der Waals surface area contributed by atoms with Gasteiger partial charge in [-0.2, -0.15) is 5.10 Å². The summed E-state index contributed by atoms with van der Waals surface area (Å²) >= 11 is 5.39. The van der Waals surface area contributed by atoms with E-state index >= 15 is 0 Å². The third kappa shape index (κ3) is 1.83. The molecule has 6 heteroatoms. The van der Waals surface area contributed by atoms with E-state index in [1.54, 1.807) is 0 Å². The second kappa shape index (κ2) is 4.69. The maximum Gasteiger partial charge on any atom is 0.125 e. The van der Waals surface area contributed by atoms with Crippen LogP contribution in [0, 0.1) is 0 Å². The zero-order valence-corrected chi connectivity index (χ0v) is 10.6. The Morgan fingerprint density at radius 1 is 1.31 bits per heavy atom. The number of aryl methyl sites for hydroxylation is 1. The number of hydrogen-bond acceptors (Lipinski definition) is 3. The standard InChI is InChI=1S/C10H14N4S.ClH/c15-10-9-7-6-11-4-2-8(7)13-14(9)5-1-3-12-10;/h11H,1-6H2,(H,12,15);1H. The van der Waals surface area contributed by atoms with Crippen LogP contribution in [0.3, 0.4) is 0 Å². The van der Waals surface area contributed by atoms with Crippen LogP contribution >= 0.6 is 24.6 Å². The van der Waals surface area contributed by atoms with Gasteiger partial charge in [-0.3, -0.25) is 4.68 Å². The highest BCUT2D eigenvalue weighted by Gasteiger charge is 2.23. The molecule has 3 heterocycles. The topological polar surface area (TPSA) is 41.9 Å². The third-order valence-corrected chi connectivity index (χ3v) is 3.36. The van der Waals surface area contributed by atoms with E-state index in [2.05, 4.69) is 20.4 Å². The van der Waals surface area contributed by atoms with Crippen LogP contribution < -0.4 is 10.6 Å². The van der Waals surface area contributed by atoms with E-state index in [-0.39, 0.29) is 12.4 Å². The summed E-state index contributed by atoms with van der Waals surface area (Å²) in [6.45, 7) is 3.88. The lowest BCUT2D eigenvalue weighted by molar-refractivity contribution is 0.576. The number of fused-ring (bicyclic) bond motifs is 3. The van der Waals surface area contributed by atoms with Gasteiger partial charge in [0, 0.05) is 38.2 Å². The maximum absolute atomic E-state index is 5.39. The molecule has 0 aromatic carbocycles. The fraction of sp³-hybridized carbons (Fsp3) is 0.600. The third-order valence-electron chi connectivity index (χ3n) is 3.02. The first-order chi connectivity index (χ1) is 7.36. The lowest BCUT2D eigenvalue weighted by Gasteiger charge is -2.13. The van der Waals surface area contributed by atoms with Crippen molar-refractivity contribution in [3.05, 3.63) is 17.0 Å². The van der Waals surface area contributed by atoms with Gasteiger partial charge in [-0.25, -0.2) is 0 Å². The van der Waals surface area contributed by atoms with Crippen LogP contribution in [0.15, 0.2) is 0 Å². The average molecular weight is 259 g/mol. The first kappa shape index (κ1) is 11.8. The van der Waals surface area contributed by atoms with Gasteiger partial charge in [0.25, 0.3) is 0 Å². The lowest BCUT2D eigenvalue weighted by Crippen LogP contribution is -2.27. The number of nitrogens with one attached hydrogen (secondary N) is 2. The van der Waals surface area contributed by atoms with Gasteiger partial charge in [-0.05, 0) is 6.42 Å². The molecular weight excluding hydrogens is 244 g/mol. The molecule has 0 bridgehead atoms. The molecule has 0 radical (unpaired) electrons. The number of hydrogen-bond donors (Lipinski definition) is 2. The normalized spacial score (nSPS) is 18.9. The van der Waals surface area contributed by atoms with Gasteiger partial charge < -0.3 is 10.6 Å². The molecule has 0 saturated carbocycles. The number of nitrogens with zero attached hydrogens (tertiary/aromatic N) is 2. The van der Waals surface area contributed by atoms with Crippen molar-refractivity contribution in [3.63, 3.8) is 0 Å². The molecule has 2 aliphatic rings. The number of halogens is 1. The molecule has 1 aromatic rings. The summed E-state index contributed by atoms with van der Waals surface area (Å²) in [6.07, 6.45) is 2.12. The van der Waals surface area contributed by atoms with Gasteiger partial charge in [0.1, 0.15) is 10.7 Å². The van der Waals surface area contributed by atoms with Crippen molar-refractivity contribution in [1.29, 1.82) is 0 Å². The molecular formula is C10H15ClN4S. The van der Waals surface area contributed by atoms with Crippen LogP contribution in [-0.4, -0.2) is 27.9 Å². The monoisotopic (exact) mass is 258 g/mol. The second-order valence-electron chi connectivity index (χ2n) is 4.03. The highest BCUT2D eigenvalue weighted by Crippen LogP contribution is 2.20. The molecule has 3 rings (SSSR count). The molecule has 0 amide bonds. The zero-order chi connectivity index (χ0) is 10.3. The van der Waals surface area contributed by atoms with Gasteiger partial charge in [-0.15, -0.1) is 12.4 Å². The first-order valence-corrected chi connectivity index (χ1v) is 5.84. The summed E-state index contributed by atoms with van der Waals surface area (Å²) < 4.78 is 2.08. The van der Waals surface area contributed by atoms with Crippen molar-refractivity contribution in [3.8, 4) is 0 Å². The molecule has 0 fully saturated rings. The van der Waals surface area contributed by atoms with E-state index < -0.39 is 0 Å². The highest BCUT2D eigenvalue weighted by atomic mass is 35.5. The minimum absolute atomic E-state index is 0. The summed E-state index contributed by atoms with van der Waals surface area (Å²) in [5.41, 5.74) is 3.68. The van der Waals surface area contributed by atoms with Gasteiger partial charge in [0.05, 0.1) is 5.69 Å². The Morgan fingerprint density at radius 3 is 3.06 bits per heavy atom. The number of aromatic nitrogens is 2. The molecule has 1 aromatic heterocycles. The van der Waals surface area contributed by atoms with E-state index in [1.165, 1.54) is 11.3 Å². The molecule has 2 N–H and O–H groups in total. The van der Waals surface area contributed by atoms with E-state index in [0.29, 0.717) is 0 Å². The van der Waals surface area contributed by atoms with Gasteiger partial charge in [0.15, 0.2) is 0 Å². The Bertz CT molecular complexity index is 415. The van der Waals surface area contributed by atoms with Gasteiger partial charge in [0.2, 0.25) is 0 Å². The van der Waals surface area contributed by atoms with Crippen LogP contribution in [0.25, 0.3) is 0 Å². The Kier molecular flexibility index (Phi) is 3.47. The maximum atomic E-state index is 5.39. The number of thiocarbonyl (C=S) groups is 1. The molecule has 0 saturated heterocycles. The van der Waals surface area contributed by atoms with Crippen molar-refractivity contribution in [2.24, 2.45) is 0 Å². The van der Waals surface area contributed by atoms with E-state index in [1.807, 2.05) is 0 Å². The van der Waals surface area contributed by atoms with Crippen molar-refractivity contribution in [2.45, 2.75) is 25.9 Å². The summed E-state index contributed by atoms with van der Waals surface area (Å²) in [4.78, 5) is 0.866. The van der Waals surface area contributed by atoms with Crippen LogP contribution in [-0.2, 0) is 19.5 Å². The van der Waals surface area contributed by atoms with Crippen LogP contribution in [0.1, 0.15) is 23.4 Å². The molecule has 0 atom stereocenters. The Hall–Kier alpha value is -0.650. The highest BCUT2D eigenvalue weighted by molar-refractivity contribution is 7.80. The van der Waals surface area contributed by atoms with Crippen LogP contribution in [0.5, 0.6) is 0 Å². The minimum Gasteiger partial charge on any atom is -0.374 e. The molecule has 2 aliphatic heterocycles. The largest absolute Gasteiger partial charge is 0.374 e. The van der Waals surface area contributed by atoms with E-state index in [0.717, 1.165) is 49.7 Å². The minimum atomic E-state index is 0. The van der Waals surface area contributed by atoms with Crippen molar-refractivity contribution < 1.29 is 0 Å². The molecule has 0 unspecified atom stereocenters. The average Bonchev–Trinajstić information content (AvgIpc) is 2.53. The summed E-state index contributed by atoms with van der Waals surface area (Å²) in [7, 11) is 0. The molecule has 4 nitrogen and oxygen atoms in total. The summed E-state index contributed by atoms with van der Waals surface area (Å²) in [5, 5.41) is 11.3. The second-order valence-corrected chi connectivity index (χ2v) is 4.44. The van der Waals surface area contributed by atoms with Crippen molar-refractivity contribution in [2.75, 3.05) is 13.1 Å². The van der Waals surface area contributed by atoms with Crippen molar-refractivity contribution in [1.82, 2.24) is 20.4 Å². The zero-order valence-electron chi connectivity index (χ0n) is 8.95. The van der Waals surface area contributed by atoms with E-state index in [4.69, 9.17) is 12.2 Å². The first-order valence-electron chi connectivity index (χ1n) is 5.44. The fourth-order valence-electron chi connectivity index (χ4n) is 2.29. The summed E-state index contributed by atoms with van der Waals surface area (Å²) in [5.74, 6) is 0. The molecule has 0 aliphatic carbocycles. The van der Waals surface area contributed by atoms with Gasteiger partial charge >= 0.3 is 0 Å². The Morgan fingerprint density at radius 2 is 2.19 bits per heavy atom. The lowest BCUT2D eigenvalue weighted by atomic mass is 10.1. The van der Waals surface area contributed by atoms with E-state index in [9.17, 15) is 0 Å². The molecule has 88 valence electrons.